The number of carboxylic acid groups (broad SMARTS) is 1. The van der Waals surface area contributed by atoms with Crippen LogP contribution in [0.3, 0.4) is 0 Å². The highest BCUT2D eigenvalue weighted by Gasteiger charge is 2.34. The molecule has 2 aromatic heterocycles. The molecule has 5 nitrogen and oxygen atoms in total. The fourth-order valence-electron chi connectivity index (χ4n) is 4.11. The van der Waals surface area contributed by atoms with Gasteiger partial charge >= 0.3 is 6.09 Å². The molecule has 1 aliphatic carbocycles. The molecule has 6 heteroatoms. The molecule has 30 heavy (non-hydrogen) atoms. The van der Waals surface area contributed by atoms with E-state index in [1.807, 2.05) is 50.3 Å². The minimum atomic E-state index is -1.05. The highest BCUT2D eigenvalue weighted by atomic mass is 19.1. The Balaban J connectivity index is 1.76. The van der Waals surface area contributed by atoms with Crippen molar-refractivity contribution in [3.8, 4) is 0 Å². The molecule has 1 amide bonds. The number of allylic oxidation sites excluding steroid dienone is 3. The minimum absolute atomic E-state index is 0.202. The molecule has 2 N–H and O–H groups in total. The first kappa shape index (κ1) is 19.9. The molecule has 1 aromatic carbocycles. The van der Waals surface area contributed by atoms with Gasteiger partial charge in [-0.1, -0.05) is 36.4 Å². The Hall–Kier alpha value is -3.41. The van der Waals surface area contributed by atoms with Gasteiger partial charge in [-0.3, -0.25) is 9.88 Å². The number of hydrogen-bond acceptors (Lipinski definition) is 2. The van der Waals surface area contributed by atoms with E-state index >= 15 is 0 Å². The van der Waals surface area contributed by atoms with Crippen molar-refractivity contribution in [3.05, 3.63) is 83.5 Å². The lowest BCUT2D eigenvalue weighted by molar-refractivity contribution is 0.198. The van der Waals surface area contributed by atoms with Crippen LogP contribution in [0.2, 0.25) is 0 Å². The van der Waals surface area contributed by atoms with Crippen molar-refractivity contribution in [2.45, 2.75) is 26.7 Å². The van der Waals surface area contributed by atoms with E-state index in [9.17, 15) is 14.3 Å². The average Bonchev–Trinajstić information content (AvgIpc) is 3.03. The second-order valence-corrected chi connectivity index (χ2v) is 7.95. The molecule has 1 unspecified atom stereocenters. The molecule has 4 rings (SSSR count). The summed E-state index contributed by atoms with van der Waals surface area (Å²) in [5, 5.41) is 10.1. The van der Waals surface area contributed by atoms with E-state index < -0.39 is 11.5 Å². The summed E-state index contributed by atoms with van der Waals surface area (Å²) in [7, 11) is 0. The molecule has 154 valence electrons. The predicted octanol–water partition coefficient (Wildman–Crippen LogP) is 5.71. The van der Waals surface area contributed by atoms with Gasteiger partial charge in [0.05, 0.1) is 16.7 Å². The topological polar surface area (TPSA) is 69.2 Å². The molecule has 0 fully saturated rings. The van der Waals surface area contributed by atoms with Crippen LogP contribution in [0.25, 0.3) is 11.0 Å². The second kappa shape index (κ2) is 7.78. The summed E-state index contributed by atoms with van der Waals surface area (Å²) >= 11 is 0. The molecule has 0 bridgehead atoms. The van der Waals surface area contributed by atoms with Gasteiger partial charge in [0.15, 0.2) is 0 Å². The van der Waals surface area contributed by atoms with Crippen LogP contribution in [-0.2, 0) is 6.42 Å². The van der Waals surface area contributed by atoms with E-state index in [-0.39, 0.29) is 12.4 Å². The SMILES string of the molecule is Cc1[nH]c2c(N(CC3(Cc4ccccc4)C=CC(F)=CC3)C(=O)O)ccnc2c1C. The number of anilines is 1. The third-order valence-electron chi connectivity index (χ3n) is 5.85. The first-order valence-electron chi connectivity index (χ1n) is 9.92. The number of halogens is 1. The van der Waals surface area contributed by atoms with E-state index in [0.717, 1.165) is 22.3 Å². The largest absolute Gasteiger partial charge is 0.465 e. The first-order valence-corrected chi connectivity index (χ1v) is 9.92. The quantitative estimate of drug-likeness (QED) is 0.571. The zero-order chi connectivity index (χ0) is 21.3. The van der Waals surface area contributed by atoms with E-state index in [4.69, 9.17) is 0 Å². The average molecular weight is 405 g/mol. The highest BCUT2D eigenvalue weighted by molar-refractivity contribution is 5.99. The van der Waals surface area contributed by atoms with Gasteiger partial charge in [-0.05, 0) is 56.0 Å². The number of pyridine rings is 1. The molecule has 0 aliphatic heterocycles. The summed E-state index contributed by atoms with van der Waals surface area (Å²) in [6, 6.07) is 11.6. The Morgan fingerprint density at radius 2 is 2.03 bits per heavy atom. The maximum atomic E-state index is 13.8. The van der Waals surface area contributed by atoms with Crippen LogP contribution in [0.1, 0.15) is 23.2 Å². The van der Waals surface area contributed by atoms with Gasteiger partial charge in [0.25, 0.3) is 0 Å². The minimum Gasteiger partial charge on any atom is -0.465 e. The molecular weight excluding hydrogens is 381 g/mol. The summed E-state index contributed by atoms with van der Waals surface area (Å²) in [4.78, 5) is 21.4. The lowest BCUT2D eigenvalue weighted by Crippen LogP contribution is -2.41. The summed E-state index contributed by atoms with van der Waals surface area (Å²) in [6.07, 6.45) is 6.40. The van der Waals surface area contributed by atoms with Gasteiger partial charge in [-0.15, -0.1) is 0 Å². The third-order valence-corrected chi connectivity index (χ3v) is 5.85. The fraction of sp³-hybridized carbons (Fsp3) is 0.250. The van der Waals surface area contributed by atoms with Crippen LogP contribution in [0.15, 0.2) is 66.6 Å². The van der Waals surface area contributed by atoms with E-state index in [1.165, 1.54) is 17.1 Å². The van der Waals surface area contributed by atoms with Crippen molar-refractivity contribution >= 4 is 22.8 Å². The Kier molecular flexibility index (Phi) is 5.16. The highest BCUT2D eigenvalue weighted by Crippen LogP contribution is 2.38. The van der Waals surface area contributed by atoms with E-state index in [1.54, 1.807) is 12.3 Å². The number of H-pyrrole nitrogens is 1. The molecule has 0 saturated heterocycles. The van der Waals surface area contributed by atoms with E-state index in [2.05, 4.69) is 9.97 Å². The van der Waals surface area contributed by atoms with Crippen LogP contribution in [0.4, 0.5) is 14.9 Å². The summed E-state index contributed by atoms with van der Waals surface area (Å²) in [5.74, 6) is -0.289. The number of nitrogens with zero attached hydrogens (tertiary/aromatic N) is 2. The van der Waals surface area contributed by atoms with Crippen LogP contribution in [-0.4, -0.2) is 27.7 Å². The number of carbonyl (C=O) groups is 1. The van der Waals surface area contributed by atoms with Crippen LogP contribution >= 0.6 is 0 Å². The van der Waals surface area contributed by atoms with Crippen molar-refractivity contribution in [1.82, 2.24) is 9.97 Å². The van der Waals surface area contributed by atoms with Crippen LogP contribution < -0.4 is 4.90 Å². The number of fused-ring (bicyclic) bond motifs is 1. The van der Waals surface area contributed by atoms with Crippen molar-refractivity contribution in [3.63, 3.8) is 0 Å². The monoisotopic (exact) mass is 405 g/mol. The number of nitrogens with one attached hydrogen (secondary N) is 1. The maximum absolute atomic E-state index is 13.8. The molecule has 1 aliphatic rings. The van der Waals surface area contributed by atoms with Gasteiger partial charge in [0, 0.05) is 23.9 Å². The number of aryl methyl sites for hydroxylation is 2. The third kappa shape index (κ3) is 3.73. The number of aromatic nitrogens is 2. The van der Waals surface area contributed by atoms with Crippen LogP contribution in [0.5, 0.6) is 0 Å². The van der Waals surface area contributed by atoms with E-state index in [0.29, 0.717) is 24.0 Å². The zero-order valence-electron chi connectivity index (χ0n) is 17.0. The first-order chi connectivity index (χ1) is 14.4. The van der Waals surface area contributed by atoms with Gasteiger partial charge < -0.3 is 10.1 Å². The number of amides is 1. The Bertz CT molecular complexity index is 1150. The summed E-state index contributed by atoms with van der Waals surface area (Å²) in [5.41, 5.74) is 4.50. The zero-order valence-corrected chi connectivity index (χ0v) is 17.0. The predicted molar refractivity (Wildman–Crippen MR) is 116 cm³/mol. The summed E-state index contributed by atoms with van der Waals surface area (Å²) < 4.78 is 13.8. The Labute approximate surface area is 174 Å². The summed E-state index contributed by atoms with van der Waals surface area (Å²) in [6.45, 7) is 4.11. The van der Waals surface area contributed by atoms with Crippen LogP contribution in [0, 0.1) is 19.3 Å². The number of benzene rings is 1. The lowest BCUT2D eigenvalue weighted by Gasteiger charge is -2.36. The fourth-order valence-corrected chi connectivity index (χ4v) is 4.11. The number of hydrogen-bond donors (Lipinski definition) is 2. The number of aromatic amines is 1. The van der Waals surface area contributed by atoms with Gasteiger partial charge in [0.2, 0.25) is 0 Å². The van der Waals surface area contributed by atoms with Crippen molar-refractivity contribution < 1.29 is 14.3 Å². The molecular formula is C24H24FN3O2. The smallest absolute Gasteiger partial charge is 0.411 e. The van der Waals surface area contributed by atoms with Crippen molar-refractivity contribution in [2.24, 2.45) is 5.41 Å². The molecule has 0 spiro atoms. The standard InChI is InChI=1S/C24H24FN3O2/c1-16-17(2)27-22-20(10-13-26-21(16)22)28(23(29)30)15-24(11-8-19(25)9-12-24)14-18-6-4-3-5-7-18/h3-11,13,27H,12,14-15H2,1-2H3,(H,29,30). The van der Waals surface area contributed by atoms with Gasteiger partial charge in [-0.2, -0.15) is 0 Å². The lowest BCUT2D eigenvalue weighted by atomic mass is 9.75. The second-order valence-electron chi connectivity index (χ2n) is 7.95. The Morgan fingerprint density at radius 3 is 2.70 bits per heavy atom. The van der Waals surface area contributed by atoms with Gasteiger partial charge in [-0.25, -0.2) is 9.18 Å². The number of rotatable bonds is 5. The van der Waals surface area contributed by atoms with Crippen molar-refractivity contribution in [1.29, 1.82) is 0 Å². The molecule has 2 heterocycles. The normalized spacial score (nSPS) is 18.4. The van der Waals surface area contributed by atoms with Gasteiger partial charge in [0.1, 0.15) is 5.83 Å². The molecule has 0 saturated carbocycles. The molecule has 3 aromatic rings. The molecule has 0 radical (unpaired) electrons. The Morgan fingerprint density at radius 1 is 1.27 bits per heavy atom. The maximum Gasteiger partial charge on any atom is 0.411 e. The van der Waals surface area contributed by atoms with Crippen molar-refractivity contribution in [2.75, 3.05) is 11.4 Å². The molecule has 1 atom stereocenters.